The summed E-state index contributed by atoms with van der Waals surface area (Å²) in [4.78, 5) is 14.8. The molecule has 1 amide bonds. The van der Waals surface area contributed by atoms with Gasteiger partial charge < -0.3 is 5.11 Å². The molecule has 0 fully saturated rings. The van der Waals surface area contributed by atoms with Gasteiger partial charge in [0, 0.05) is 18.5 Å². The van der Waals surface area contributed by atoms with Crippen LogP contribution in [0.15, 0.2) is 48.8 Å². The molecule has 0 bridgehead atoms. The van der Waals surface area contributed by atoms with Crippen molar-refractivity contribution in [2.24, 2.45) is 0 Å². The Morgan fingerprint density at radius 1 is 1.20 bits per heavy atom. The second kappa shape index (κ2) is 5.70. The maximum atomic E-state index is 12.2. The average Bonchev–Trinajstić information content (AvgIpc) is 2.39. The largest absolute Gasteiger partial charge is 0.508 e. The Kier molecular flexibility index (Phi) is 3.99. The van der Waals surface area contributed by atoms with E-state index >= 15 is 0 Å². The number of sulfonamides is 1. The van der Waals surface area contributed by atoms with Crippen molar-refractivity contribution in [1.29, 1.82) is 0 Å². The van der Waals surface area contributed by atoms with E-state index in [0.29, 0.717) is 9.87 Å². The fourth-order valence-corrected chi connectivity index (χ4v) is 2.93. The summed E-state index contributed by atoms with van der Waals surface area (Å²) in [5, 5.41) is 9.35. The number of aromatic nitrogens is 1. The number of hydrogen-bond donors (Lipinski definition) is 1. The smallest absolute Gasteiger partial charge is 0.331 e. The molecule has 1 heterocycles. The van der Waals surface area contributed by atoms with Gasteiger partial charge in [-0.25, -0.2) is 8.42 Å². The number of pyridine rings is 1. The molecule has 2 rings (SSSR count). The number of phenolic OH excluding ortho intramolecular Hbond substituents is 1. The van der Waals surface area contributed by atoms with Gasteiger partial charge in [0.05, 0.1) is 11.4 Å². The van der Waals surface area contributed by atoms with E-state index in [0.717, 1.165) is 0 Å². The van der Waals surface area contributed by atoms with E-state index in [1.807, 2.05) is 0 Å². The standard InChI is InChI=1S/C13H11N2O4S/c16-10-15(12-2-1-3-13(17)8-12)20(18,19)9-11-4-6-14-7-5-11/h1-8,17H,9H2. The number of phenols is 1. The molecule has 7 heteroatoms. The first-order valence-corrected chi connectivity index (χ1v) is 7.22. The lowest BCUT2D eigenvalue weighted by Crippen LogP contribution is -2.30. The first kappa shape index (κ1) is 14.0. The van der Waals surface area contributed by atoms with E-state index in [4.69, 9.17) is 0 Å². The van der Waals surface area contributed by atoms with E-state index in [1.165, 1.54) is 43.1 Å². The molecular formula is C13H11N2O4S. The third-order valence-corrected chi connectivity index (χ3v) is 4.06. The summed E-state index contributed by atoms with van der Waals surface area (Å²) in [6, 6.07) is 8.48. The van der Waals surface area contributed by atoms with Gasteiger partial charge in [0.1, 0.15) is 5.75 Å². The molecule has 1 N–H and O–H groups in total. The highest BCUT2D eigenvalue weighted by Crippen LogP contribution is 2.23. The fraction of sp³-hybridized carbons (Fsp3) is 0.0769. The number of hydrogen-bond acceptors (Lipinski definition) is 5. The maximum Gasteiger partial charge on any atom is 0.331 e. The van der Waals surface area contributed by atoms with E-state index in [-0.39, 0.29) is 17.2 Å². The second-order valence-corrected chi connectivity index (χ2v) is 5.80. The molecule has 0 atom stereocenters. The van der Waals surface area contributed by atoms with Crippen molar-refractivity contribution in [3.8, 4) is 5.75 Å². The summed E-state index contributed by atoms with van der Waals surface area (Å²) in [5.74, 6) is -0.498. The van der Waals surface area contributed by atoms with E-state index < -0.39 is 10.0 Å². The molecule has 1 aromatic heterocycles. The van der Waals surface area contributed by atoms with Gasteiger partial charge in [-0.2, -0.15) is 4.31 Å². The lowest BCUT2D eigenvalue weighted by molar-refractivity contribution is 0.475. The highest BCUT2D eigenvalue weighted by atomic mass is 32.2. The van der Waals surface area contributed by atoms with Crippen molar-refractivity contribution in [1.82, 2.24) is 4.98 Å². The van der Waals surface area contributed by atoms with Crippen molar-refractivity contribution < 1.29 is 18.3 Å². The van der Waals surface area contributed by atoms with Crippen LogP contribution in [0.5, 0.6) is 5.75 Å². The Labute approximate surface area is 116 Å². The van der Waals surface area contributed by atoms with E-state index in [9.17, 15) is 18.3 Å². The molecule has 1 aromatic carbocycles. The third kappa shape index (κ3) is 3.12. The van der Waals surface area contributed by atoms with Crippen molar-refractivity contribution >= 4 is 22.1 Å². The van der Waals surface area contributed by atoms with Gasteiger partial charge in [-0.3, -0.25) is 9.78 Å². The van der Waals surface area contributed by atoms with Gasteiger partial charge in [0.25, 0.3) is 0 Å². The molecular weight excluding hydrogens is 280 g/mol. The van der Waals surface area contributed by atoms with Gasteiger partial charge in [-0.05, 0) is 29.8 Å². The maximum absolute atomic E-state index is 12.2. The molecule has 1 radical (unpaired) electrons. The van der Waals surface area contributed by atoms with Crippen molar-refractivity contribution in [2.75, 3.05) is 4.31 Å². The summed E-state index contributed by atoms with van der Waals surface area (Å²) in [6.07, 6.45) is 4.31. The summed E-state index contributed by atoms with van der Waals surface area (Å²) in [7, 11) is -3.92. The quantitative estimate of drug-likeness (QED) is 0.836. The van der Waals surface area contributed by atoms with Crippen LogP contribution in [0.2, 0.25) is 0 Å². The second-order valence-electron chi connectivity index (χ2n) is 3.99. The summed E-state index contributed by atoms with van der Waals surface area (Å²) in [5.41, 5.74) is 0.537. The summed E-state index contributed by atoms with van der Waals surface area (Å²) in [6.45, 7) is 0. The first-order chi connectivity index (χ1) is 9.53. The number of nitrogens with zero attached hydrogens (tertiary/aromatic N) is 2. The average molecular weight is 291 g/mol. The van der Waals surface area contributed by atoms with Crippen LogP contribution in [0.3, 0.4) is 0 Å². The van der Waals surface area contributed by atoms with E-state index in [2.05, 4.69) is 4.98 Å². The van der Waals surface area contributed by atoms with Crippen LogP contribution >= 0.6 is 0 Å². The van der Waals surface area contributed by atoms with Crippen molar-refractivity contribution in [3.05, 3.63) is 54.4 Å². The SMILES string of the molecule is O=[C]N(c1cccc(O)c1)S(=O)(=O)Cc1ccncc1. The zero-order valence-electron chi connectivity index (χ0n) is 10.3. The highest BCUT2D eigenvalue weighted by Gasteiger charge is 2.23. The first-order valence-electron chi connectivity index (χ1n) is 5.61. The number of benzene rings is 1. The van der Waals surface area contributed by atoms with Gasteiger partial charge in [-0.15, -0.1) is 0 Å². The summed E-state index contributed by atoms with van der Waals surface area (Å²) >= 11 is 0. The number of amides is 1. The highest BCUT2D eigenvalue weighted by molar-refractivity contribution is 7.92. The predicted molar refractivity (Wildman–Crippen MR) is 73.1 cm³/mol. The van der Waals surface area contributed by atoms with E-state index in [1.54, 1.807) is 12.1 Å². The number of anilines is 1. The van der Waals surface area contributed by atoms with Gasteiger partial charge in [-0.1, -0.05) is 6.07 Å². The topological polar surface area (TPSA) is 87.6 Å². The van der Waals surface area contributed by atoms with Crippen molar-refractivity contribution in [2.45, 2.75) is 5.75 Å². The van der Waals surface area contributed by atoms with Crippen LogP contribution in [0.25, 0.3) is 0 Å². The lowest BCUT2D eigenvalue weighted by atomic mass is 10.3. The Morgan fingerprint density at radius 3 is 2.50 bits per heavy atom. The van der Waals surface area contributed by atoms with Crippen LogP contribution in [-0.2, 0) is 20.6 Å². The molecule has 103 valence electrons. The Bertz CT molecular complexity index is 701. The Balaban J connectivity index is 2.33. The molecule has 0 aliphatic heterocycles. The molecule has 0 saturated heterocycles. The number of carbonyl (C=O) groups excluding carboxylic acids is 1. The van der Waals surface area contributed by atoms with Gasteiger partial charge in [0.15, 0.2) is 0 Å². The number of rotatable bonds is 5. The molecule has 0 saturated carbocycles. The monoisotopic (exact) mass is 291 g/mol. The Morgan fingerprint density at radius 2 is 1.90 bits per heavy atom. The van der Waals surface area contributed by atoms with Gasteiger partial charge >= 0.3 is 6.41 Å². The number of aromatic hydroxyl groups is 1. The minimum absolute atomic E-state index is 0.0362. The fourth-order valence-electron chi connectivity index (χ4n) is 1.64. The Hall–Kier alpha value is -2.41. The molecule has 2 aromatic rings. The van der Waals surface area contributed by atoms with Crippen LogP contribution in [0.4, 0.5) is 5.69 Å². The van der Waals surface area contributed by atoms with Crippen molar-refractivity contribution in [3.63, 3.8) is 0 Å². The van der Waals surface area contributed by atoms with Gasteiger partial charge in [0.2, 0.25) is 10.0 Å². The molecule has 20 heavy (non-hydrogen) atoms. The predicted octanol–water partition coefficient (Wildman–Crippen LogP) is 1.19. The van der Waals surface area contributed by atoms with Crippen LogP contribution in [-0.4, -0.2) is 24.9 Å². The molecule has 0 aliphatic rings. The molecule has 6 nitrogen and oxygen atoms in total. The summed E-state index contributed by atoms with van der Waals surface area (Å²) < 4.78 is 24.9. The van der Waals surface area contributed by atoms with Crippen LogP contribution in [0.1, 0.15) is 5.56 Å². The lowest BCUT2D eigenvalue weighted by Gasteiger charge is -2.16. The zero-order chi connectivity index (χ0) is 14.6. The zero-order valence-corrected chi connectivity index (χ0v) is 11.1. The third-order valence-electron chi connectivity index (χ3n) is 2.52. The minimum Gasteiger partial charge on any atom is -0.508 e. The van der Waals surface area contributed by atoms with Crippen LogP contribution < -0.4 is 4.31 Å². The minimum atomic E-state index is -3.92. The molecule has 0 unspecified atom stereocenters. The molecule has 0 spiro atoms. The normalized spacial score (nSPS) is 11.0. The van der Waals surface area contributed by atoms with Crippen LogP contribution in [0, 0.1) is 0 Å². The molecule has 0 aliphatic carbocycles.